The molecule has 0 unspecified atom stereocenters. The van der Waals surface area contributed by atoms with Crippen molar-refractivity contribution in [2.75, 3.05) is 13.3 Å². The van der Waals surface area contributed by atoms with E-state index >= 15 is 0 Å². The molecule has 6 heteroatoms. The van der Waals surface area contributed by atoms with Crippen molar-refractivity contribution in [1.82, 2.24) is 15.6 Å². The van der Waals surface area contributed by atoms with Crippen molar-refractivity contribution in [3.8, 4) is 11.5 Å². The standard InChI is InChI=1S/C18H22N4O2/c1-3-19-18(21-11-15-6-4-5-13(2)22-15)20-10-14-7-8-16-17(9-14)24-12-23-16/h4-9H,3,10-12H2,1-2H3,(H2,19,20,21). The molecule has 0 amide bonds. The molecule has 2 aromatic rings. The van der Waals surface area contributed by atoms with E-state index in [2.05, 4.69) is 20.6 Å². The van der Waals surface area contributed by atoms with Crippen LogP contribution in [0, 0.1) is 6.92 Å². The highest BCUT2D eigenvalue weighted by atomic mass is 16.7. The summed E-state index contributed by atoms with van der Waals surface area (Å²) in [4.78, 5) is 9.10. The summed E-state index contributed by atoms with van der Waals surface area (Å²) in [7, 11) is 0. The number of ether oxygens (including phenoxy) is 2. The van der Waals surface area contributed by atoms with Crippen LogP contribution < -0.4 is 20.1 Å². The highest BCUT2D eigenvalue weighted by Crippen LogP contribution is 2.32. The van der Waals surface area contributed by atoms with Gasteiger partial charge in [-0.05, 0) is 43.7 Å². The van der Waals surface area contributed by atoms with Gasteiger partial charge in [0.25, 0.3) is 0 Å². The van der Waals surface area contributed by atoms with Gasteiger partial charge in [-0.15, -0.1) is 0 Å². The van der Waals surface area contributed by atoms with E-state index < -0.39 is 0 Å². The molecule has 0 radical (unpaired) electrons. The fourth-order valence-electron chi connectivity index (χ4n) is 2.42. The predicted molar refractivity (Wildman–Crippen MR) is 93.2 cm³/mol. The van der Waals surface area contributed by atoms with E-state index in [0.717, 1.165) is 41.0 Å². The Morgan fingerprint density at radius 1 is 1.17 bits per heavy atom. The van der Waals surface area contributed by atoms with E-state index in [-0.39, 0.29) is 6.79 Å². The second kappa shape index (κ2) is 7.68. The third kappa shape index (κ3) is 4.16. The molecule has 0 atom stereocenters. The number of guanidine groups is 1. The van der Waals surface area contributed by atoms with Crippen molar-refractivity contribution in [2.45, 2.75) is 26.9 Å². The minimum Gasteiger partial charge on any atom is -0.454 e. The van der Waals surface area contributed by atoms with Gasteiger partial charge in [0.05, 0.1) is 18.8 Å². The molecule has 126 valence electrons. The van der Waals surface area contributed by atoms with Crippen LogP contribution in [0.2, 0.25) is 0 Å². The minimum absolute atomic E-state index is 0.287. The number of benzene rings is 1. The van der Waals surface area contributed by atoms with Gasteiger partial charge in [-0.3, -0.25) is 4.98 Å². The molecule has 6 nitrogen and oxygen atoms in total. The van der Waals surface area contributed by atoms with Crippen LogP contribution in [0.15, 0.2) is 41.4 Å². The molecule has 1 aromatic carbocycles. The molecule has 0 fully saturated rings. The van der Waals surface area contributed by atoms with Crippen LogP contribution in [0.1, 0.15) is 23.9 Å². The average Bonchev–Trinajstić information content (AvgIpc) is 3.05. The summed E-state index contributed by atoms with van der Waals surface area (Å²) in [6.07, 6.45) is 0. The van der Waals surface area contributed by atoms with Crippen molar-refractivity contribution < 1.29 is 9.47 Å². The molecular weight excluding hydrogens is 304 g/mol. The van der Waals surface area contributed by atoms with Gasteiger partial charge in [0.1, 0.15) is 0 Å². The fraction of sp³-hybridized carbons (Fsp3) is 0.333. The zero-order valence-electron chi connectivity index (χ0n) is 14.0. The number of pyridine rings is 1. The van der Waals surface area contributed by atoms with Gasteiger partial charge in [-0.2, -0.15) is 0 Å². The lowest BCUT2D eigenvalue weighted by atomic mass is 10.2. The first kappa shape index (κ1) is 16.1. The smallest absolute Gasteiger partial charge is 0.231 e. The van der Waals surface area contributed by atoms with Gasteiger partial charge in [0, 0.05) is 12.2 Å². The molecule has 2 N–H and O–H groups in total. The number of aryl methyl sites for hydroxylation is 1. The van der Waals surface area contributed by atoms with Gasteiger partial charge >= 0.3 is 0 Å². The van der Waals surface area contributed by atoms with E-state index in [1.165, 1.54) is 0 Å². The highest BCUT2D eigenvalue weighted by Gasteiger charge is 2.12. The molecule has 24 heavy (non-hydrogen) atoms. The van der Waals surface area contributed by atoms with Gasteiger partial charge in [-0.25, -0.2) is 4.99 Å². The Hall–Kier alpha value is -2.76. The normalized spacial score (nSPS) is 13.0. The Morgan fingerprint density at radius 2 is 2.04 bits per heavy atom. The number of aliphatic imine (C=N–C) groups is 1. The Kier molecular flexibility index (Phi) is 5.15. The molecule has 1 aliphatic rings. The third-order valence-corrected chi connectivity index (χ3v) is 3.58. The van der Waals surface area contributed by atoms with E-state index in [1.807, 2.05) is 50.2 Å². The average molecular weight is 326 g/mol. The number of rotatable bonds is 5. The number of nitrogens with zero attached hydrogens (tertiary/aromatic N) is 2. The van der Waals surface area contributed by atoms with Crippen molar-refractivity contribution in [2.24, 2.45) is 4.99 Å². The molecule has 0 saturated heterocycles. The zero-order chi connectivity index (χ0) is 16.8. The summed E-state index contributed by atoms with van der Waals surface area (Å²) >= 11 is 0. The van der Waals surface area contributed by atoms with Crippen LogP contribution in [-0.4, -0.2) is 24.3 Å². The van der Waals surface area contributed by atoms with Crippen LogP contribution in [0.3, 0.4) is 0 Å². The first-order valence-corrected chi connectivity index (χ1v) is 8.08. The van der Waals surface area contributed by atoms with Crippen LogP contribution in [-0.2, 0) is 13.1 Å². The SMILES string of the molecule is CCNC(=NCc1ccc2c(c1)OCO2)NCc1cccc(C)n1. The maximum Gasteiger partial charge on any atom is 0.231 e. The highest BCUT2D eigenvalue weighted by molar-refractivity contribution is 5.79. The quantitative estimate of drug-likeness (QED) is 0.652. The lowest BCUT2D eigenvalue weighted by Crippen LogP contribution is -2.37. The van der Waals surface area contributed by atoms with Gasteiger partial charge in [0.2, 0.25) is 6.79 Å². The van der Waals surface area contributed by atoms with Crippen molar-refractivity contribution in [3.63, 3.8) is 0 Å². The molecule has 0 spiro atoms. The van der Waals surface area contributed by atoms with Gasteiger partial charge in [0.15, 0.2) is 17.5 Å². The summed E-state index contributed by atoms with van der Waals surface area (Å²) in [5.74, 6) is 2.33. The number of fused-ring (bicyclic) bond motifs is 1. The lowest BCUT2D eigenvalue weighted by molar-refractivity contribution is 0.174. The number of aromatic nitrogens is 1. The van der Waals surface area contributed by atoms with E-state index in [1.54, 1.807) is 0 Å². The van der Waals surface area contributed by atoms with E-state index in [0.29, 0.717) is 13.1 Å². The van der Waals surface area contributed by atoms with Crippen LogP contribution in [0.25, 0.3) is 0 Å². The third-order valence-electron chi connectivity index (χ3n) is 3.58. The maximum absolute atomic E-state index is 5.40. The van der Waals surface area contributed by atoms with Crippen molar-refractivity contribution >= 4 is 5.96 Å². The van der Waals surface area contributed by atoms with Crippen LogP contribution in [0.4, 0.5) is 0 Å². The second-order valence-corrected chi connectivity index (χ2v) is 5.51. The van der Waals surface area contributed by atoms with E-state index in [4.69, 9.17) is 9.47 Å². The largest absolute Gasteiger partial charge is 0.454 e. The van der Waals surface area contributed by atoms with Crippen molar-refractivity contribution in [1.29, 1.82) is 0 Å². The summed E-state index contributed by atoms with van der Waals surface area (Å²) in [5.41, 5.74) is 3.07. The molecule has 0 aliphatic carbocycles. The molecule has 0 saturated carbocycles. The molecule has 0 bridgehead atoms. The first-order valence-electron chi connectivity index (χ1n) is 8.08. The minimum atomic E-state index is 0.287. The second-order valence-electron chi connectivity index (χ2n) is 5.51. The van der Waals surface area contributed by atoms with E-state index in [9.17, 15) is 0 Å². The Bertz CT molecular complexity index is 731. The summed E-state index contributed by atoms with van der Waals surface area (Å²) in [6, 6.07) is 11.9. The zero-order valence-corrected chi connectivity index (χ0v) is 14.0. The summed E-state index contributed by atoms with van der Waals surface area (Å²) in [5, 5.41) is 6.55. The monoisotopic (exact) mass is 326 g/mol. The number of hydrogen-bond donors (Lipinski definition) is 2. The fourth-order valence-corrected chi connectivity index (χ4v) is 2.42. The Morgan fingerprint density at radius 3 is 2.88 bits per heavy atom. The molecule has 1 aliphatic heterocycles. The van der Waals surface area contributed by atoms with Crippen LogP contribution >= 0.6 is 0 Å². The predicted octanol–water partition coefficient (Wildman–Crippen LogP) is 2.37. The first-order chi connectivity index (χ1) is 11.7. The molecular formula is C18H22N4O2. The molecule has 1 aromatic heterocycles. The van der Waals surface area contributed by atoms with Gasteiger partial charge < -0.3 is 20.1 Å². The molecule has 2 heterocycles. The van der Waals surface area contributed by atoms with Gasteiger partial charge in [-0.1, -0.05) is 12.1 Å². The van der Waals surface area contributed by atoms with Crippen LogP contribution in [0.5, 0.6) is 11.5 Å². The number of hydrogen-bond acceptors (Lipinski definition) is 4. The lowest BCUT2D eigenvalue weighted by Gasteiger charge is -2.11. The number of nitrogens with one attached hydrogen (secondary N) is 2. The molecule has 3 rings (SSSR count). The Labute approximate surface area is 141 Å². The Balaban J connectivity index is 1.63. The van der Waals surface area contributed by atoms with Crippen molar-refractivity contribution in [3.05, 3.63) is 53.3 Å². The maximum atomic E-state index is 5.40. The topological polar surface area (TPSA) is 67.8 Å². The summed E-state index contributed by atoms with van der Waals surface area (Å²) < 4.78 is 10.7. The summed E-state index contributed by atoms with van der Waals surface area (Å²) in [6.45, 7) is 6.32.